The van der Waals surface area contributed by atoms with Crippen LogP contribution in [0.25, 0.3) is 0 Å². The third kappa shape index (κ3) is 9.52. The minimum atomic E-state index is -0.736. The molecule has 2 N–H and O–H groups in total. The Kier molecular flexibility index (Phi) is 11.7. The highest BCUT2D eigenvalue weighted by Gasteiger charge is 2.44. The highest BCUT2D eigenvalue weighted by Crippen LogP contribution is 2.41. The quantitative estimate of drug-likeness (QED) is 0.203. The van der Waals surface area contributed by atoms with Crippen LogP contribution in [-0.4, -0.2) is 38.2 Å². The van der Waals surface area contributed by atoms with Crippen LogP contribution >= 0.6 is 0 Å². The van der Waals surface area contributed by atoms with E-state index in [9.17, 15) is 9.59 Å². The molecular formula is C49H62N2O6. The van der Waals surface area contributed by atoms with Crippen molar-refractivity contribution in [3.05, 3.63) is 129 Å². The van der Waals surface area contributed by atoms with Crippen molar-refractivity contribution in [2.24, 2.45) is 5.41 Å². The lowest BCUT2D eigenvalue weighted by atomic mass is 9.80. The molecule has 0 atom stereocenters. The number of rotatable bonds is 6. The maximum absolute atomic E-state index is 13.9. The van der Waals surface area contributed by atoms with Crippen LogP contribution in [0.1, 0.15) is 150 Å². The van der Waals surface area contributed by atoms with E-state index in [0.717, 1.165) is 22.5 Å². The summed E-state index contributed by atoms with van der Waals surface area (Å²) >= 11 is 0. The second-order valence-corrected chi connectivity index (χ2v) is 20.0. The molecule has 2 heterocycles. The minimum Gasteiger partial charge on any atom is -0.348 e. The van der Waals surface area contributed by atoms with Crippen molar-refractivity contribution in [2.45, 2.75) is 117 Å². The zero-order chi connectivity index (χ0) is 41.6. The fourth-order valence-electron chi connectivity index (χ4n) is 7.39. The lowest BCUT2D eigenvalue weighted by Gasteiger charge is -2.44. The van der Waals surface area contributed by atoms with E-state index in [2.05, 4.69) is 118 Å². The molecule has 4 aromatic rings. The maximum atomic E-state index is 13.9. The number of nitrogens with one attached hydrogen (secondary N) is 2. The van der Waals surface area contributed by atoms with Crippen LogP contribution < -0.4 is 10.6 Å². The van der Waals surface area contributed by atoms with Gasteiger partial charge in [0.05, 0.1) is 31.8 Å². The highest BCUT2D eigenvalue weighted by atomic mass is 16.7. The lowest BCUT2D eigenvalue weighted by molar-refractivity contribution is -0.307. The minimum absolute atomic E-state index is 0.0188. The maximum Gasteiger partial charge on any atom is 0.256 e. The van der Waals surface area contributed by atoms with E-state index in [4.69, 9.17) is 18.9 Å². The summed E-state index contributed by atoms with van der Waals surface area (Å²) in [7, 11) is 0. The Labute approximate surface area is 340 Å². The predicted molar refractivity (Wildman–Crippen MR) is 228 cm³/mol. The normalized spacial score (nSPS) is 20.6. The first-order valence-corrected chi connectivity index (χ1v) is 20.1. The molecule has 2 saturated heterocycles. The summed E-state index contributed by atoms with van der Waals surface area (Å²) in [6, 6.07) is 27.4. The number of ether oxygens (including phenoxy) is 4. The predicted octanol–water partition coefficient (Wildman–Crippen LogP) is 11.2. The van der Waals surface area contributed by atoms with E-state index in [-0.39, 0.29) is 33.5 Å². The molecular weight excluding hydrogens is 713 g/mol. The molecule has 0 aromatic heterocycles. The van der Waals surface area contributed by atoms with Gasteiger partial charge in [-0.05, 0) is 68.2 Å². The van der Waals surface area contributed by atoms with E-state index in [1.54, 1.807) is 12.1 Å². The standard InChI is InChI=1S/C49H62N2O6/c1-45(2,3)31-21-23-39(37(25-31)47(7,8)9)50-41(52)33-17-13-15-19-35(33)43-54-27-49(28-55-43)29-56-44(57-30-49)36-20-16-14-18-34(36)42(53)51-40-24-22-32(46(4,5)6)26-38(40)48(10,11)12/h13-26,43-44H,27-30H2,1-12H3,(H,50,52)(H,51,53). The first kappa shape index (κ1) is 42.3. The first-order chi connectivity index (χ1) is 26.6. The van der Waals surface area contributed by atoms with Crippen LogP contribution in [0.4, 0.5) is 11.4 Å². The molecule has 2 fully saturated rings. The zero-order valence-corrected chi connectivity index (χ0v) is 36.0. The summed E-state index contributed by atoms with van der Waals surface area (Å²) in [6.07, 6.45) is -1.47. The first-order valence-electron chi connectivity index (χ1n) is 20.1. The Morgan fingerprint density at radius 2 is 0.825 bits per heavy atom. The molecule has 0 bridgehead atoms. The number of carbonyl (C=O) groups excluding carboxylic acids is 2. The Balaban J connectivity index is 1.12. The average molecular weight is 775 g/mol. The van der Waals surface area contributed by atoms with E-state index < -0.39 is 18.0 Å². The average Bonchev–Trinajstić information content (AvgIpc) is 3.14. The zero-order valence-electron chi connectivity index (χ0n) is 36.0. The fourth-order valence-corrected chi connectivity index (χ4v) is 7.39. The van der Waals surface area contributed by atoms with E-state index in [0.29, 0.717) is 48.7 Å². The van der Waals surface area contributed by atoms with Crippen molar-refractivity contribution in [1.82, 2.24) is 0 Å². The number of hydrogen-bond acceptors (Lipinski definition) is 6. The Morgan fingerprint density at radius 3 is 1.14 bits per heavy atom. The van der Waals surface area contributed by atoms with E-state index in [1.165, 1.54) is 11.1 Å². The summed E-state index contributed by atoms with van der Waals surface area (Å²) in [5.74, 6) is -0.447. The molecule has 6 rings (SSSR count). The molecule has 8 nitrogen and oxygen atoms in total. The van der Waals surface area contributed by atoms with Gasteiger partial charge in [0.25, 0.3) is 11.8 Å². The molecule has 2 aliphatic rings. The highest BCUT2D eigenvalue weighted by molar-refractivity contribution is 6.06. The van der Waals surface area contributed by atoms with Crippen LogP contribution in [0, 0.1) is 5.41 Å². The number of hydrogen-bond donors (Lipinski definition) is 2. The van der Waals surface area contributed by atoms with E-state index in [1.807, 2.05) is 48.5 Å². The van der Waals surface area contributed by atoms with Gasteiger partial charge in [0.1, 0.15) is 0 Å². The Morgan fingerprint density at radius 1 is 0.491 bits per heavy atom. The van der Waals surface area contributed by atoms with E-state index >= 15 is 0 Å². The molecule has 0 unspecified atom stereocenters. The summed E-state index contributed by atoms with van der Waals surface area (Å²) in [5.41, 5.74) is 7.51. The second kappa shape index (κ2) is 15.8. The summed E-state index contributed by atoms with van der Waals surface area (Å²) in [6.45, 7) is 27.3. The molecule has 0 saturated carbocycles. The largest absolute Gasteiger partial charge is 0.348 e. The molecule has 1 spiro atoms. The van der Waals surface area contributed by atoms with Gasteiger partial charge in [0, 0.05) is 33.6 Å². The number of carbonyl (C=O) groups is 2. The van der Waals surface area contributed by atoms with Crippen LogP contribution in [0.15, 0.2) is 84.9 Å². The van der Waals surface area contributed by atoms with Crippen molar-refractivity contribution in [3.8, 4) is 0 Å². The summed E-state index contributed by atoms with van der Waals surface area (Å²) < 4.78 is 25.4. The van der Waals surface area contributed by atoms with Gasteiger partial charge in [-0.25, -0.2) is 0 Å². The number of amides is 2. The van der Waals surface area contributed by atoms with Gasteiger partial charge >= 0.3 is 0 Å². The van der Waals surface area contributed by atoms with Crippen LogP contribution in [0.3, 0.4) is 0 Å². The van der Waals surface area contributed by atoms with Gasteiger partial charge in [-0.1, -0.05) is 144 Å². The molecule has 2 aliphatic heterocycles. The van der Waals surface area contributed by atoms with Gasteiger partial charge in [-0.2, -0.15) is 0 Å². The molecule has 4 aromatic carbocycles. The summed E-state index contributed by atoms with van der Waals surface area (Å²) in [4.78, 5) is 27.8. The van der Waals surface area contributed by atoms with Gasteiger partial charge in [-0.15, -0.1) is 0 Å². The van der Waals surface area contributed by atoms with Crippen LogP contribution in [0.2, 0.25) is 0 Å². The van der Waals surface area contributed by atoms with Gasteiger partial charge in [0.2, 0.25) is 0 Å². The molecule has 8 heteroatoms. The fraction of sp³-hybridized carbons (Fsp3) is 0.469. The van der Waals surface area contributed by atoms with Crippen molar-refractivity contribution in [1.29, 1.82) is 0 Å². The third-order valence-corrected chi connectivity index (χ3v) is 11.0. The smallest absolute Gasteiger partial charge is 0.256 e. The molecule has 57 heavy (non-hydrogen) atoms. The van der Waals surface area contributed by atoms with Crippen molar-refractivity contribution in [3.63, 3.8) is 0 Å². The Hall–Kier alpha value is -4.34. The van der Waals surface area contributed by atoms with Gasteiger partial charge < -0.3 is 29.6 Å². The summed E-state index contributed by atoms with van der Waals surface area (Å²) in [5, 5.41) is 6.39. The topological polar surface area (TPSA) is 95.1 Å². The Bertz CT molecular complexity index is 1940. The second-order valence-electron chi connectivity index (χ2n) is 20.0. The van der Waals surface area contributed by atoms with Gasteiger partial charge in [-0.3, -0.25) is 9.59 Å². The molecule has 2 amide bonds. The van der Waals surface area contributed by atoms with Crippen LogP contribution in [-0.2, 0) is 40.6 Å². The number of anilines is 2. The van der Waals surface area contributed by atoms with Crippen molar-refractivity contribution in [2.75, 3.05) is 37.1 Å². The monoisotopic (exact) mass is 774 g/mol. The van der Waals surface area contributed by atoms with Crippen molar-refractivity contribution >= 4 is 23.2 Å². The molecule has 0 aliphatic carbocycles. The number of benzene rings is 4. The van der Waals surface area contributed by atoms with Crippen LogP contribution in [0.5, 0.6) is 0 Å². The van der Waals surface area contributed by atoms with Gasteiger partial charge in [0.15, 0.2) is 12.6 Å². The van der Waals surface area contributed by atoms with Crippen molar-refractivity contribution < 1.29 is 28.5 Å². The third-order valence-electron chi connectivity index (χ3n) is 11.0. The molecule has 0 radical (unpaired) electrons. The SMILES string of the molecule is CC(C)(C)c1ccc(NC(=O)c2ccccc2C2OCC3(CO2)COC(c2ccccc2C(=O)Nc2ccc(C(C)(C)C)cc2C(C)(C)C)OC3)c(C(C)(C)C)c1. The lowest BCUT2D eigenvalue weighted by Crippen LogP contribution is -2.49. The molecule has 304 valence electrons.